The fourth-order valence-corrected chi connectivity index (χ4v) is 5.82. The van der Waals surface area contributed by atoms with E-state index in [0.29, 0.717) is 0 Å². The normalized spacial score (nSPS) is 23.9. The van der Waals surface area contributed by atoms with Gasteiger partial charge in [-0.15, -0.1) is 0 Å². The van der Waals surface area contributed by atoms with Crippen LogP contribution in [0.15, 0.2) is 96.3 Å². The molecule has 0 bridgehead atoms. The second kappa shape index (κ2) is 6.26. The number of nitrogens with one attached hydrogen (secondary N) is 2. The van der Waals surface area contributed by atoms with Crippen LogP contribution in [0, 0.1) is 0 Å². The van der Waals surface area contributed by atoms with Gasteiger partial charge in [0.05, 0.1) is 0 Å². The summed E-state index contributed by atoms with van der Waals surface area (Å²) in [5, 5.41) is 7.53. The van der Waals surface area contributed by atoms with Crippen molar-refractivity contribution >= 4 is 22.5 Å². The Labute approximate surface area is 190 Å². The van der Waals surface area contributed by atoms with E-state index in [-0.39, 0.29) is 10.8 Å². The van der Waals surface area contributed by atoms with Gasteiger partial charge in [0.1, 0.15) is 0 Å². The van der Waals surface area contributed by atoms with Crippen molar-refractivity contribution in [1.82, 2.24) is 0 Å². The number of para-hydroxylation sites is 2. The zero-order chi connectivity index (χ0) is 22.3. The zero-order valence-electron chi connectivity index (χ0n) is 19.1. The smallest absolute Gasteiger partial charge is 0.0424 e. The first-order chi connectivity index (χ1) is 15.3. The summed E-state index contributed by atoms with van der Waals surface area (Å²) in [6.45, 7) is 13.9. The number of benzene rings is 3. The first-order valence-electron chi connectivity index (χ1n) is 11.3. The Morgan fingerprint density at radius 2 is 0.938 bits per heavy atom. The molecule has 0 spiro atoms. The quantitative estimate of drug-likeness (QED) is 0.397. The van der Waals surface area contributed by atoms with E-state index in [1.165, 1.54) is 56.2 Å². The van der Waals surface area contributed by atoms with Gasteiger partial charge in [-0.1, -0.05) is 94.9 Å². The largest absolute Gasteiger partial charge is 0.357 e. The van der Waals surface area contributed by atoms with Gasteiger partial charge >= 0.3 is 0 Å². The minimum absolute atomic E-state index is 0.121. The molecule has 6 rings (SSSR count). The molecule has 2 nitrogen and oxygen atoms in total. The number of fused-ring (bicyclic) bond motifs is 3. The highest BCUT2D eigenvalue weighted by Crippen LogP contribution is 2.56. The molecular weight excluding hydrogens is 388 g/mol. The molecule has 0 amide bonds. The van der Waals surface area contributed by atoms with Gasteiger partial charge in [0.2, 0.25) is 0 Å². The Morgan fingerprint density at radius 1 is 0.562 bits per heavy atom. The van der Waals surface area contributed by atoms with Crippen molar-refractivity contribution in [2.45, 2.75) is 38.5 Å². The lowest BCUT2D eigenvalue weighted by Crippen LogP contribution is -2.20. The van der Waals surface area contributed by atoms with Crippen LogP contribution < -0.4 is 10.6 Å². The molecule has 3 aliphatic rings. The molecule has 0 saturated heterocycles. The predicted octanol–water partition coefficient (Wildman–Crippen LogP) is 7.49. The van der Waals surface area contributed by atoms with Gasteiger partial charge in [0.15, 0.2) is 0 Å². The summed E-state index contributed by atoms with van der Waals surface area (Å²) >= 11 is 0. The van der Waals surface area contributed by atoms with Gasteiger partial charge in [-0.05, 0) is 40.0 Å². The van der Waals surface area contributed by atoms with Gasteiger partial charge in [0, 0.05) is 44.7 Å². The van der Waals surface area contributed by atoms with Crippen LogP contribution in [0.2, 0.25) is 0 Å². The van der Waals surface area contributed by atoms with Crippen LogP contribution in [0.5, 0.6) is 0 Å². The maximum atomic E-state index is 4.68. The Hall–Kier alpha value is -3.52. The highest BCUT2D eigenvalue weighted by atomic mass is 15.0. The Morgan fingerprint density at radius 3 is 1.34 bits per heavy atom. The number of allylic oxidation sites excluding steroid dienone is 5. The monoisotopic (exact) mass is 416 g/mol. The molecule has 2 heteroatoms. The molecule has 2 N–H and O–H groups in total. The first-order valence-corrected chi connectivity index (χ1v) is 11.3. The molecule has 158 valence electrons. The molecule has 0 unspecified atom stereocenters. The van der Waals surface area contributed by atoms with Crippen LogP contribution in [-0.4, -0.2) is 0 Å². The van der Waals surface area contributed by atoms with E-state index < -0.39 is 0 Å². The average Bonchev–Trinajstić information content (AvgIpc) is 3.32. The lowest BCUT2D eigenvalue weighted by molar-refractivity contribution is 0.655. The Kier molecular flexibility index (Phi) is 3.75. The van der Waals surface area contributed by atoms with E-state index >= 15 is 0 Å². The van der Waals surface area contributed by atoms with Crippen LogP contribution in [0.3, 0.4) is 0 Å². The molecule has 2 aliphatic heterocycles. The third-order valence-electron chi connectivity index (χ3n) is 7.54. The molecule has 0 aromatic heterocycles. The fraction of sp³-hybridized carbons (Fsp3) is 0.200. The summed E-state index contributed by atoms with van der Waals surface area (Å²) in [4.78, 5) is 0. The lowest BCUT2D eigenvalue weighted by atomic mass is 9.79. The standard InChI is InChI=1S/C30H28N2/c1-18-25(27-29(2,3)21-14-8-10-16-23(21)31-27)19-12-6-7-13-20(19)26(18)28-30(4,5)22-15-9-11-17-24(22)32-28/h6-17,31-32H,1H2,2-5H3/b27-25-,28-26-. The van der Waals surface area contributed by atoms with Gasteiger partial charge in [-0.2, -0.15) is 0 Å². The molecular formula is C30H28N2. The van der Waals surface area contributed by atoms with E-state index in [4.69, 9.17) is 0 Å². The summed E-state index contributed by atoms with van der Waals surface area (Å²) < 4.78 is 0. The predicted molar refractivity (Wildman–Crippen MR) is 136 cm³/mol. The number of anilines is 2. The van der Waals surface area contributed by atoms with E-state index in [2.05, 4.69) is 118 Å². The number of hydrogen-bond donors (Lipinski definition) is 2. The average molecular weight is 417 g/mol. The molecule has 0 radical (unpaired) electrons. The van der Waals surface area contributed by atoms with E-state index in [1.54, 1.807) is 0 Å². The van der Waals surface area contributed by atoms with Crippen molar-refractivity contribution in [3.8, 4) is 0 Å². The zero-order valence-corrected chi connectivity index (χ0v) is 19.1. The van der Waals surface area contributed by atoms with Crippen molar-refractivity contribution in [3.63, 3.8) is 0 Å². The molecule has 1 aliphatic carbocycles. The van der Waals surface area contributed by atoms with Crippen LogP contribution in [-0.2, 0) is 10.8 Å². The van der Waals surface area contributed by atoms with Gasteiger partial charge < -0.3 is 10.6 Å². The van der Waals surface area contributed by atoms with Crippen LogP contribution in [0.25, 0.3) is 11.1 Å². The maximum absolute atomic E-state index is 4.68. The lowest BCUT2D eigenvalue weighted by Gasteiger charge is -2.25. The SMILES string of the molecule is C=C1/C(=C2/Nc3ccccc3C2(C)C)c2ccccc2/C1=C1\Nc2ccccc2C1(C)C. The van der Waals surface area contributed by atoms with Gasteiger partial charge in [-0.25, -0.2) is 0 Å². The Bertz CT molecular complexity index is 1280. The third-order valence-corrected chi connectivity index (χ3v) is 7.54. The summed E-state index contributed by atoms with van der Waals surface area (Å²) in [6.07, 6.45) is 0. The summed E-state index contributed by atoms with van der Waals surface area (Å²) in [7, 11) is 0. The molecule has 0 atom stereocenters. The second-order valence-corrected chi connectivity index (χ2v) is 10.1. The molecule has 3 aromatic carbocycles. The third kappa shape index (κ3) is 2.35. The molecule has 0 saturated carbocycles. The van der Waals surface area contributed by atoms with E-state index in [0.717, 1.165) is 5.57 Å². The number of rotatable bonds is 0. The summed E-state index contributed by atoms with van der Waals surface area (Å²) in [5.74, 6) is 0. The summed E-state index contributed by atoms with van der Waals surface area (Å²) in [6, 6.07) is 26.0. The van der Waals surface area contributed by atoms with E-state index in [9.17, 15) is 0 Å². The maximum Gasteiger partial charge on any atom is 0.0424 e. The van der Waals surface area contributed by atoms with Crippen molar-refractivity contribution in [1.29, 1.82) is 0 Å². The van der Waals surface area contributed by atoms with Gasteiger partial charge in [-0.3, -0.25) is 0 Å². The first kappa shape index (κ1) is 19.2. The topological polar surface area (TPSA) is 24.1 Å². The second-order valence-electron chi connectivity index (χ2n) is 10.1. The minimum atomic E-state index is -0.121. The van der Waals surface area contributed by atoms with Crippen molar-refractivity contribution in [2.24, 2.45) is 0 Å². The fourth-order valence-electron chi connectivity index (χ4n) is 5.82. The number of hydrogen-bond acceptors (Lipinski definition) is 2. The van der Waals surface area contributed by atoms with Crippen molar-refractivity contribution < 1.29 is 0 Å². The highest BCUT2D eigenvalue weighted by molar-refractivity contribution is 6.11. The molecule has 3 aromatic rings. The van der Waals surface area contributed by atoms with Crippen LogP contribution in [0.1, 0.15) is 49.9 Å². The highest BCUT2D eigenvalue weighted by Gasteiger charge is 2.43. The van der Waals surface area contributed by atoms with Crippen molar-refractivity contribution in [3.05, 3.63) is 119 Å². The summed E-state index contributed by atoms with van der Waals surface area (Å²) in [5.41, 5.74) is 13.4. The molecule has 2 heterocycles. The van der Waals surface area contributed by atoms with Crippen molar-refractivity contribution in [2.75, 3.05) is 10.6 Å². The Balaban J connectivity index is 1.62. The van der Waals surface area contributed by atoms with Gasteiger partial charge in [0.25, 0.3) is 0 Å². The van der Waals surface area contributed by atoms with Crippen LogP contribution >= 0.6 is 0 Å². The molecule has 0 fully saturated rings. The van der Waals surface area contributed by atoms with E-state index in [1.807, 2.05) is 0 Å². The molecule has 32 heavy (non-hydrogen) atoms. The minimum Gasteiger partial charge on any atom is -0.357 e. The van der Waals surface area contributed by atoms with Crippen LogP contribution in [0.4, 0.5) is 11.4 Å².